The molecule has 0 bridgehead atoms. The van der Waals surface area contributed by atoms with Gasteiger partial charge in [-0.15, -0.1) is 0 Å². The number of rotatable bonds is 5. The van der Waals surface area contributed by atoms with Crippen molar-refractivity contribution in [2.75, 3.05) is 39.3 Å². The van der Waals surface area contributed by atoms with Gasteiger partial charge in [0.05, 0.1) is 6.04 Å². The van der Waals surface area contributed by atoms with Gasteiger partial charge in [0.15, 0.2) is 0 Å². The summed E-state index contributed by atoms with van der Waals surface area (Å²) in [7, 11) is 0. The summed E-state index contributed by atoms with van der Waals surface area (Å²) in [6, 6.07) is 0.578. The summed E-state index contributed by atoms with van der Waals surface area (Å²) in [6.45, 7) is 4.65. The number of hydrogen-bond acceptors (Lipinski definition) is 3. The third kappa shape index (κ3) is 2.47. The van der Waals surface area contributed by atoms with Crippen molar-refractivity contribution in [3.8, 4) is 0 Å². The average Bonchev–Trinajstić information content (AvgIpc) is 2.63. The van der Waals surface area contributed by atoms with E-state index in [0.29, 0.717) is 6.04 Å². The maximum Gasteiger partial charge on any atom is 0.320 e. The van der Waals surface area contributed by atoms with E-state index < -0.39 is 0 Å². The number of unbranched alkanes of at least 4 members (excludes halogenated alkanes) is 2. The van der Waals surface area contributed by atoms with Gasteiger partial charge in [-0.05, 0) is 19.3 Å². The summed E-state index contributed by atoms with van der Waals surface area (Å²) in [5, 5.41) is 12.0. The van der Waals surface area contributed by atoms with Crippen LogP contribution >= 0.6 is 0 Å². The van der Waals surface area contributed by atoms with Crippen LogP contribution in [0.5, 0.6) is 0 Å². The zero-order chi connectivity index (χ0) is 11.4. The first-order valence-electron chi connectivity index (χ1n) is 6.20. The van der Waals surface area contributed by atoms with Crippen LogP contribution in [0.15, 0.2) is 0 Å². The minimum absolute atomic E-state index is 0.204. The van der Waals surface area contributed by atoms with E-state index in [2.05, 4.69) is 5.32 Å². The lowest BCUT2D eigenvalue weighted by atomic mass is 10.2. The van der Waals surface area contributed by atoms with Gasteiger partial charge in [0.2, 0.25) is 0 Å². The van der Waals surface area contributed by atoms with Crippen LogP contribution in [0.3, 0.4) is 0 Å². The molecule has 2 rings (SSSR count). The first-order chi connectivity index (χ1) is 7.83. The molecule has 2 amide bonds. The van der Waals surface area contributed by atoms with E-state index in [-0.39, 0.29) is 12.6 Å². The quantitative estimate of drug-likeness (QED) is 0.643. The number of piperazine rings is 1. The Balaban J connectivity index is 1.76. The summed E-state index contributed by atoms with van der Waals surface area (Å²) in [4.78, 5) is 15.9. The summed E-state index contributed by atoms with van der Waals surface area (Å²) in [5.74, 6) is 0. The number of fused-ring (bicyclic) bond motifs is 1. The molecule has 2 N–H and O–H groups in total. The molecular weight excluding hydrogens is 206 g/mol. The van der Waals surface area contributed by atoms with E-state index in [1.807, 2.05) is 9.80 Å². The van der Waals surface area contributed by atoms with Gasteiger partial charge in [-0.2, -0.15) is 0 Å². The molecule has 1 unspecified atom stereocenters. The number of aliphatic hydroxyl groups excluding tert-OH is 1. The second kappa shape index (κ2) is 5.50. The number of urea groups is 1. The number of amides is 2. The van der Waals surface area contributed by atoms with E-state index in [1.54, 1.807) is 0 Å². The molecule has 92 valence electrons. The third-order valence-electron chi connectivity index (χ3n) is 3.38. The maximum absolute atomic E-state index is 12.0. The van der Waals surface area contributed by atoms with Gasteiger partial charge >= 0.3 is 6.03 Å². The zero-order valence-electron chi connectivity index (χ0n) is 9.69. The molecule has 5 nitrogen and oxygen atoms in total. The number of carbonyl (C=O) groups is 1. The first kappa shape index (κ1) is 11.7. The molecular formula is C11H21N3O2. The molecule has 5 heteroatoms. The summed E-state index contributed by atoms with van der Waals surface area (Å²) >= 11 is 0. The van der Waals surface area contributed by atoms with Crippen LogP contribution in [0, 0.1) is 0 Å². The van der Waals surface area contributed by atoms with Crippen LogP contribution in [0.4, 0.5) is 4.79 Å². The molecule has 0 aromatic carbocycles. The lowest BCUT2D eigenvalue weighted by Crippen LogP contribution is -2.49. The van der Waals surface area contributed by atoms with Crippen LogP contribution in [0.2, 0.25) is 0 Å². The second-order valence-electron chi connectivity index (χ2n) is 4.56. The molecule has 2 fully saturated rings. The van der Waals surface area contributed by atoms with Crippen LogP contribution in [0.25, 0.3) is 0 Å². The Morgan fingerprint density at radius 1 is 1.38 bits per heavy atom. The number of nitrogens with one attached hydrogen (secondary N) is 1. The monoisotopic (exact) mass is 227 g/mol. The molecule has 2 aliphatic rings. The van der Waals surface area contributed by atoms with Gasteiger partial charge in [-0.1, -0.05) is 0 Å². The fourth-order valence-electron chi connectivity index (χ4n) is 2.47. The maximum atomic E-state index is 12.0. The lowest BCUT2D eigenvalue weighted by Gasteiger charge is -2.28. The van der Waals surface area contributed by atoms with Crippen molar-refractivity contribution in [1.82, 2.24) is 15.1 Å². The fraction of sp³-hybridized carbons (Fsp3) is 0.909. The van der Waals surface area contributed by atoms with Gasteiger partial charge in [0.25, 0.3) is 0 Å². The molecule has 0 aromatic rings. The first-order valence-corrected chi connectivity index (χ1v) is 6.20. The Morgan fingerprint density at radius 2 is 2.25 bits per heavy atom. The second-order valence-corrected chi connectivity index (χ2v) is 4.56. The number of carbonyl (C=O) groups excluding carboxylic acids is 1. The highest BCUT2D eigenvalue weighted by molar-refractivity contribution is 5.77. The van der Waals surface area contributed by atoms with E-state index in [1.165, 1.54) is 0 Å². The molecule has 16 heavy (non-hydrogen) atoms. The Kier molecular flexibility index (Phi) is 4.01. The van der Waals surface area contributed by atoms with Gasteiger partial charge < -0.3 is 20.2 Å². The Hall–Kier alpha value is -0.810. The molecule has 2 saturated heterocycles. The van der Waals surface area contributed by atoms with Crippen molar-refractivity contribution in [1.29, 1.82) is 0 Å². The SMILES string of the molecule is O=C1N(CCCCCO)CC2CNCCN12. The molecule has 0 aromatic heterocycles. The van der Waals surface area contributed by atoms with Crippen LogP contribution < -0.4 is 5.32 Å². The fourth-order valence-corrected chi connectivity index (χ4v) is 2.47. The predicted molar refractivity (Wildman–Crippen MR) is 61.3 cm³/mol. The van der Waals surface area contributed by atoms with E-state index >= 15 is 0 Å². The van der Waals surface area contributed by atoms with Crippen molar-refractivity contribution in [2.45, 2.75) is 25.3 Å². The number of hydrogen-bond donors (Lipinski definition) is 2. The highest BCUT2D eigenvalue weighted by Crippen LogP contribution is 2.17. The smallest absolute Gasteiger partial charge is 0.320 e. The lowest BCUT2D eigenvalue weighted by molar-refractivity contribution is 0.178. The molecule has 2 heterocycles. The standard InChI is InChI=1S/C11H21N3O2/c15-7-3-1-2-5-13-9-10-8-12-4-6-14(10)11(13)16/h10,12,15H,1-9H2. The highest BCUT2D eigenvalue weighted by Gasteiger charge is 2.37. The number of aliphatic hydroxyl groups is 1. The summed E-state index contributed by atoms with van der Waals surface area (Å²) < 4.78 is 0. The predicted octanol–water partition coefficient (Wildman–Crippen LogP) is -0.142. The molecule has 0 saturated carbocycles. The third-order valence-corrected chi connectivity index (χ3v) is 3.38. The van der Waals surface area contributed by atoms with E-state index in [9.17, 15) is 4.79 Å². The van der Waals surface area contributed by atoms with Crippen molar-refractivity contribution in [3.05, 3.63) is 0 Å². The largest absolute Gasteiger partial charge is 0.396 e. The minimum atomic E-state index is 0.204. The zero-order valence-corrected chi connectivity index (χ0v) is 9.69. The highest BCUT2D eigenvalue weighted by atomic mass is 16.3. The van der Waals surface area contributed by atoms with Crippen molar-refractivity contribution in [3.63, 3.8) is 0 Å². The van der Waals surface area contributed by atoms with Gasteiger partial charge in [-0.3, -0.25) is 0 Å². The van der Waals surface area contributed by atoms with E-state index in [4.69, 9.17) is 5.11 Å². The van der Waals surface area contributed by atoms with Crippen molar-refractivity contribution >= 4 is 6.03 Å². The van der Waals surface area contributed by atoms with Crippen molar-refractivity contribution < 1.29 is 9.90 Å². The Morgan fingerprint density at radius 3 is 3.00 bits per heavy atom. The van der Waals surface area contributed by atoms with Gasteiger partial charge in [0, 0.05) is 39.3 Å². The van der Waals surface area contributed by atoms with E-state index in [0.717, 1.165) is 52.0 Å². The van der Waals surface area contributed by atoms with Crippen LogP contribution in [-0.2, 0) is 0 Å². The van der Waals surface area contributed by atoms with Gasteiger partial charge in [0.1, 0.15) is 0 Å². The topological polar surface area (TPSA) is 55.8 Å². The minimum Gasteiger partial charge on any atom is -0.396 e. The Labute approximate surface area is 96.4 Å². The molecule has 0 spiro atoms. The summed E-state index contributed by atoms with van der Waals surface area (Å²) in [5.41, 5.74) is 0. The summed E-state index contributed by atoms with van der Waals surface area (Å²) in [6.07, 6.45) is 2.85. The van der Waals surface area contributed by atoms with Crippen molar-refractivity contribution in [2.24, 2.45) is 0 Å². The normalized spacial score (nSPS) is 25.1. The van der Waals surface area contributed by atoms with Crippen LogP contribution in [0.1, 0.15) is 19.3 Å². The molecule has 0 radical (unpaired) electrons. The Bertz CT molecular complexity index is 247. The van der Waals surface area contributed by atoms with Gasteiger partial charge in [-0.25, -0.2) is 4.79 Å². The molecule has 2 aliphatic heterocycles. The number of nitrogens with zero attached hydrogens (tertiary/aromatic N) is 2. The molecule has 0 aliphatic carbocycles. The average molecular weight is 227 g/mol. The molecule has 1 atom stereocenters. The van der Waals surface area contributed by atoms with Crippen LogP contribution in [-0.4, -0.2) is 66.3 Å².